The minimum absolute atomic E-state index is 0.0548. The van der Waals surface area contributed by atoms with Gasteiger partial charge >= 0.3 is 5.97 Å². The van der Waals surface area contributed by atoms with Crippen LogP contribution in [0.15, 0.2) is 23.1 Å². The lowest BCUT2D eigenvalue weighted by atomic mass is 10.2. The molecule has 1 aliphatic rings. The van der Waals surface area contributed by atoms with Crippen LogP contribution in [0.3, 0.4) is 0 Å². The fraction of sp³-hybridized carbons (Fsp3) is 0.312. The number of hydrogen-bond acceptors (Lipinski definition) is 6. The standard InChI is InChI=1S/C16H17NO5S2/c1-17-15(20)13(24-16(17)23)9-10-5-6-11(12(8-10)21-2)22-7-3-4-14(18)19/h5-6,8-9H,3-4,7H2,1-2H3,(H,18,19). The minimum Gasteiger partial charge on any atom is -0.493 e. The molecule has 1 amide bonds. The number of thioether (sulfide) groups is 1. The van der Waals surface area contributed by atoms with Crippen LogP contribution in [0.1, 0.15) is 18.4 Å². The molecule has 128 valence electrons. The number of carbonyl (C=O) groups excluding carboxylic acids is 1. The Morgan fingerprint density at radius 1 is 1.42 bits per heavy atom. The van der Waals surface area contributed by atoms with E-state index in [2.05, 4.69) is 0 Å². The quantitative estimate of drug-likeness (QED) is 0.451. The average Bonchev–Trinajstić information content (AvgIpc) is 2.79. The molecule has 0 bridgehead atoms. The lowest BCUT2D eigenvalue weighted by molar-refractivity contribution is -0.137. The van der Waals surface area contributed by atoms with Crippen molar-refractivity contribution in [2.75, 3.05) is 20.8 Å². The van der Waals surface area contributed by atoms with Gasteiger partial charge in [-0.25, -0.2) is 0 Å². The number of thiocarbonyl (C=S) groups is 1. The van der Waals surface area contributed by atoms with Crippen LogP contribution >= 0.6 is 24.0 Å². The van der Waals surface area contributed by atoms with Crippen LogP contribution in [0.2, 0.25) is 0 Å². The van der Waals surface area contributed by atoms with E-state index in [1.807, 2.05) is 0 Å². The Kier molecular flexibility index (Phi) is 6.22. The molecular formula is C16H17NO5S2. The molecule has 6 nitrogen and oxygen atoms in total. The van der Waals surface area contributed by atoms with E-state index in [0.29, 0.717) is 27.1 Å². The Bertz CT molecular complexity index is 702. The van der Waals surface area contributed by atoms with Gasteiger partial charge < -0.3 is 14.6 Å². The maximum Gasteiger partial charge on any atom is 0.303 e. The van der Waals surface area contributed by atoms with Gasteiger partial charge in [0.1, 0.15) is 4.32 Å². The summed E-state index contributed by atoms with van der Waals surface area (Å²) in [4.78, 5) is 24.5. The number of methoxy groups -OCH3 is 1. The molecule has 1 heterocycles. The van der Waals surface area contributed by atoms with Gasteiger partial charge in [-0.05, 0) is 30.2 Å². The van der Waals surface area contributed by atoms with Gasteiger partial charge in [-0.2, -0.15) is 0 Å². The topological polar surface area (TPSA) is 76.1 Å². The third-order valence-corrected chi connectivity index (χ3v) is 4.75. The predicted octanol–water partition coefficient (Wildman–Crippen LogP) is 2.77. The van der Waals surface area contributed by atoms with Gasteiger partial charge in [-0.15, -0.1) is 0 Å². The monoisotopic (exact) mass is 367 g/mol. The first-order chi connectivity index (χ1) is 11.4. The molecule has 1 aromatic carbocycles. The number of amides is 1. The molecule has 0 unspecified atom stereocenters. The van der Waals surface area contributed by atoms with Crippen molar-refractivity contribution < 1.29 is 24.2 Å². The maximum absolute atomic E-state index is 12.0. The Morgan fingerprint density at radius 3 is 2.75 bits per heavy atom. The summed E-state index contributed by atoms with van der Waals surface area (Å²) in [6, 6.07) is 5.30. The van der Waals surface area contributed by atoms with Crippen LogP contribution in [-0.2, 0) is 9.59 Å². The number of carboxylic acids is 1. The second kappa shape index (κ2) is 8.16. The first kappa shape index (κ1) is 18.3. The number of hydrogen-bond donors (Lipinski definition) is 1. The van der Waals surface area contributed by atoms with Crippen molar-refractivity contribution in [3.05, 3.63) is 28.7 Å². The van der Waals surface area contributed by atoms with E-state index in [0.717, 1.165) is 5.56 Å². The van der Waals surface area contributed by atoms with Gasteiger partial charge in [-0.1, -0.05) is 30.0 Å². The highest BCUT2D eigenvalue weighted by Gasteiger charge is 2.28. The van der Waals surface area contributed by atoms with Gasteiger partial charge in [-0.3, -0.25) is 14.5 Å². The number of benzene rings is 1. The van der Waals surface area contributed by atoms with Crippen molar-refractivity contribution in [3.8, 4) is 11.5 Å². The zero-order chi connectivity index (χ0) is 17.7. The van der Waals surface area contributed by atoms with Gasteiger partial charge in [0.2, 0.25) is 0 Å². The van der Waals surface area contributed by atoms with E-state index in [1.54, 1.807) is 31.3 Å². The summed E-state index contributed by atoms with van der Waals surface area (Å²) in [6.07, 6.45) is 2.22. The van der Waals surface area contributed by atoms with E-state index >= 15 is 0 Å². The smallest absolute Gasteiger partial charge is 0.303 e. The molecule has 0 radical (unpaired) electrons. The highest BCUT2D eigenvalue weighted by atomic mass is 32.2. The van der Waals surface area contributed by atoms with E-state index in [9.17, 15) is 9.59 Å². The molecule has 1 saturated heterocycles. The molecule has 0 aromatic heterocycles. The van der Waals surface area contributed by atoms with E-state index in [-0.39, 0.29) is 18.9 Å². The fourth-order valence-corrected chi connectivity index (χ4v) is 3.18. The molecular weight excluding hydrogens is 350 g/mol. The van der Waals surface area contributed by atoms with Crippen molar-refractivity contribution in [1.29, 1.82) is 0 Å². The van der Waals surface area contributed by atoms with Crippen molar-refractivity contribution >= 4 is 46.3 Å². The van der Waals surface area contributed by atoms with E-state index < -0.39 is 5.97 Å². The summed E-state index contributed by atoms with van der Waals surface area (Å²) in [5, 5.41) is 8.61. The lowest BCUT2D eigenvalue weighted by Gasteiger charge is -2.11. The second-order valence-corrected chi connectivity index (χ2v) is 6.67. The van der Waals surface area contributed by atoms with E-state index in [4.69, 9.17) is 26.8 Å². The van der Waals surface area contributed by atoms with Crippen molar-refractivity contribution in [2.24, 2.45) is 0 Å². The van der Waals surface area contributed by atoms with Crippen LogP contribution < -0.4 is 9.47 Å². The molecule has 1 N–H and O–H groups in total. The van der Waals surface area contributed by atoms with Gasteiger partial charge in [0.25, 0.3) is 5.91 Å². The fourth-order valence-electron chi connectivity index (χ4n) is 2.00. The van der Waals surface area contributed by atoms with Crippen molar-refractivity contribution in [3.63, 3.8) is 0 Å². The highest BCUT2D eigenvalue weighted by molar-refractivity contribution is 8.26. The van der Waals surface area contributed by atoms with Crippen LogP contribution in [-0.4, -0.2) is 47.0 Å². The molecule has 1 fully saturated rings. The number of likely N-dealkylation sites (N-methyl/N-ethyl adjacent to an activating group) is 1. The molecule has 0 atom stereocenters. The summed E-state index contributed by atoms with van der Waals surface area (Å²) < 4.78 is 11.4. The summed E-state index contributed by atoms with van der Waals surface area (Å²) in [5.41, 5.74) is 0.790. The maximum atomic E-state index is 12.0. The molecule has 1 aliphatic heterocycles. The summed E-state index contributed by atoms with van der Waals surface area (Å²) in [7, 11) is 3.17. The number of rotatable bonds is 7. The molecule has 0 spiro atoms. The molecule has 1 aromatic rings. The third kappa shape index (κ3) is 4.48. The van der Waals surface area contributed by atoms with Crippen molar-refractivity contribution in [2.45, 2.75) is 12.8 Å². The summed E-state index contributed by atoms with van der Waals surface area (Å²) in [6.45, 7) is 0.288. The number of carbonyl (C=O) groups is 2. The molecule has 2 rings (SSSR count). The van der Waals surface area contributed by atoms with Crippen LogP contribution in [0.5, 0.6) is 11.5 Å². The van der Waals surface area contributed by atoms with Crippen LogP contribution in [0.4, 0.5) is 0 Å². The van der Waals surface area contributed by atoms with E-state index in [1.165, 1.54) is 23.8 Å². The Morgan fingerprint density at radius 2 is 2.17 bits per heavy atom. The molecule has 8 heteroatoms. The zero-order valence-electron chi connectivity index (χ0n) is 13.3. The predicted molar refractivity (Wildman–Crippen MR) is 96.3 cm³/mol. The van der Waals surface area contributed by atoms with Crippen molar-refractivity contribution in [1.82, 2.24) is 4.90 Å². The normalized spacial score (nSPS) is 15.9. The van der Waals surface area contributed by atoms with Crippen LogP contribution in [0.25, 0.3) is 6.08 Å². The largest absolute Gasteiger partial charge is 0.493 e. The highest BCUT2D eigenvalue weighted by Crippen LogP contribution is 2.34. The second-order valence-electron chi connectivity index (χ2n) is 5.00. The number of aliphatic carboxylic acids is 1. The minimum atomic E-state index is -0.853. The molecule has 0 aliphatic carbocycles. The Hall–Kier alpha value is -2.06. The Balaban J connectivity index is 2.10. The van der Waals surface area contributed by atoms with Gasteiger partial charge in [0, 0.05) is 13.5 Å². The van der Waals surface area contributed by atoms with Crippen LogP contribution in [0, 0.1) is 0 Å². The first-order valence-electron chi connectivity index (χ1n) is 7.16. The summed E-state index contributed by atoms with van der Waals surface area (Å²) >= 11 is 6.35. The lowest BCUT2D eigenvalue weighted by Crippen LogP contribution is -2.22. The SMILES string of the molecule is COc1cc(C=C2SC(=S)N(C)C2=O)ccc1OCCCC(=O)O. The molecule has 0 saturated carbocycles. The zero-order valence-corrected chi connectivity index (χ0v) is 14.9. The number of ether oxygens (including phenoxy) is 2. The summed E-state index contributed by atoms with van der Waals surface area (Å²) in [5.74, 6) is 0.0706. The third-order valence-electron chi connectivity index (χ3n) is 3.26. The number of carboxylic acid groups (broad SMARTS) is 1. The number of nitrogens with zero attached hydrogens (tertiary/aromatic N) is 1. The molecule has 24 heavy (non-hydrogen) atoms. The Labute approximate surface area is 149 Å². The average molecular weight is 367 g/mol. The van der Waals surface area contributed by atoms with Gasteiger partial charge in [0.05, 0.1) is 18.6 Å². The van der Waals surface area contributed by atoms with Gasteiger partial charge in [0.15, 0.2) is 11.5 Å². The first-order valence-corrected chi connectivity index (χ1v) is 8.39.